The first-order chi connectivity index (χ1) is 7.54. The summed E-state index contributed by atoms with van der Waals surface area (Å²) in [7, 11) is 1.36. The molecule has 3 nitrogen and oxygen atoms in total. The predicted molar refractivity (Wildman–Crippen MR) is 72.8 cm³/mol. The number of rotatable bonds is 0. The van der Waals surface area contributed by atoms with Crippen LogP contribution in [0, 0.1) is 0 Å². The van der Waals surface area contributed by atoms with Crippen LogP contribution in [-0.2, 0) is 4.74 Å². The van der Waals surface area contributed by atoms with Crippen LogP contribution in [0.1, 0.15) is 0 Å². The Morgan fingerprint density at radius 3 is 2.44 bits per heavy atom. The highest BCUT2D eigenvalue weighted by atomic mass is 79.9. The van der Waals surface area contributed by atoms with Gasteiger partial charge in [-0.2, -0.15) is 0 Å². The molecule has 0 bridgehead atoms. The Kier molecular flexibility index (Phi) is 3.42. The minimum absolute atomic E-state index is 0.412. The number of fused-ring (bicyclic) bond motifs is 1. The smallest absolute Gasteiger partial charge is 0.418 e. The number of benzene rings is 1. The molecule has 2 aromatic rings. The van der Waals surface area contributed by atoms with E-state index in [1.807, 2.05) is 12.1 Å². The zero-order valence-corrected chi connectivity index (χ0v) is 12.9. The van der Waals surface area contributed by atoms with Gasteiger partial charge < -0.3 is 4.74 Å². The van der Waals surface area contributed by atoms with E-state index in [2.05, 4.69) is 47.8 Å². The summed E-state index contributed by atoms with van der Waals surface area (Å²) in [6.45, 7) is 0. The monoisotopic (exact) mass is 409 g/mol. The topological polar surface area (TPSA) is 31.2 Å². The van der Waals surface area contributed by atoms with Crippen molar-refractivity contribution < 1.29 is 9.53 Å². The molecule has 0 aliphatic rings. The van der Waals surface area contributed by atoms with Gasteiger partial charge in [0, 0.05) is 25.0 Å². The van der Waals surface area contributed by atoms with Crippen molar-refractivity contribution in [1.29, 1.82) is 0 Å². The first-order valence-electron chi connectivity index (χ1n) is 4.28. The number of methoxy groups -OCH3 is 1. The SMILES string of the molecule is COC(=O)n1cc(Br)c2cc(Br)c(Br)cc21. The summed E-state index contributed by atoms with van der Waals surface area (Å²) in [4.78, 5) is 11.5. The third-order valence-electron chi connectivity index (χ3n) is 2.17. The first kappa shape index (κ1) is 12.1. The average Bonchev–Trinajstić information content (AvgIpc) is 2.56. The lowest BCUT2D eigenvalue weighted by molar-refractivity contribution is 0.174. The molecule has 0 amide bonds. The van der Waals surface area contributed by atoms with Gasteiger partial charge in [-0.3, -0.25) is 4.57 Å². The number of hydrogen-bond donors (Lipinski definition) is 0. The summed E-state index contributed by atoms with van der Waals surface area (Å²) >= 11 is 10.2. The summed E-state index contributed by atoms with van der Waals surface area (Å²) < 4.78 is 8.83. The van der Waals surface area contributed by atoms with Crippen LogP contribution >= 0.6 is 47.8 Å². The Bertz CT molecular complexity index is 577. The van der Waals surface area contributed by atoms with Crippen LogP contribution in [-0.4, -0.2) is 17.8 Å². The van der Waals surface area contributed by atoms with E-state index in [-0.39, 0.29) is 0 Å². The predicted octanol–water partition coefficient (Wildman–Crippen LogP) is 4.54. The fourth-order valence-corrected chi connectivity index (χ4v) is 2.63. The Morgan fingerprint density at radius 1 is 1.19 bits per heavy atom. The second kappa shape index (κ2) is 4.50. The Labute approximate surface area is 117 Å². The highest BCUT2D eigenvalue weighted by molar-refractivity contribution is 9.13. The van der Waals surface area contributed by atoms with Gasteiger partial charge in [0.1, 0.15) is 0 Å². The Morgan fingerprint density at radius 2 is 1.81 bits per heavy atom. The van der Waals surface area contributed by atoms with Gasteiger partial charge in [-0.05, 0) is 59.9 Å². The van der Waals surface area contributed by atoms with Crippen LogP contribution in [0.3, 0.4) is 0 Å². The van der Waals surface area contributed by atoms with Crippen LogP contribution < -0.4 is 0 Å². The zero-order valence-electron chi connectivity index (χ0n) is 8.13. The molecule has 1 heterocycles. The van der Waals surface area contributed by atoms with Gasteiger partial charge in [0.15, 0.2) is 0 Å². The maximum atomic E-state index is 11.5. The molecule has 1 aromatic carbocycles. The van der Waals surface area contributed by atoms with Gasteiger partial charge in [-0.1, -0.05) is 0 Å². The van der Waals surface area contributed by atoms with Gasteiger partial charge in [-0.25, -0.2) is 4.79 Å². The standard InChI is InChI=1S/C10H6Br3NO2/c1-16-10(15)14-4-8(13)5-2-6(11)7(12)3-9(5)14/h2-4H,1H3. The van der Waals surface area contributed by atoms with Crippen molar-refractivity contribution in [3.63, 3.8) is 0 Å². The molecular formula is C10H6Br3NO2. The largest absolute Gasteiger partial charge is 0.452 e. The molecule has 0 atom stereocenters. The van der Waals surface area contributed by atoms with Crippen LogP contribution in [0.15, 0.2) is 31.7 Å². The van der Waals surface area contributed by atoms with Crippen molar-refractivity contribution in [3.8, 4) is 0 Å². The van der Waals surface area contributed by atoms with Crippen molar-refractivity contribution in [3.05, 3.63) is 31.7 Å². The molecule has 0 saturated carbocycles. The molecule has 0 N–H and O–H groups in total. The molecule has 16 heavy (non-hydrogen) atoms. The van der Waals surface area contributed by atoms with Crippen molar-refractivity contribution in [1.82, 2.24) is 4.57 Å². The fourth-order valence-electron chi connectivity index (χ4n) is 1.43. The molecule has 0 radical (unpaired) electrons. The molecule has 0 saturated heterocycles. The molecule has 2 rings (SSSR count). The molecule has 6 heteroatoms. The fraction of sp³-hybridized carbons (Fsp3) is 0.100. The lowest BCUT2D eigenvalue weighted by atomic mass is 10.2. The number of nitrogens with zero attached hydrogens (tertiary/aromatic N) is 1. The quantitative estimate of drug-likeness (QED) is 0.637. The number of carbonyl (C=O) groups excluding carboxylic acids is 1. The van der Waals surface area contributed by atoms with E-state index in [0.29, 0.717) is 0 Å². The van der Waals surface area contributed by atoms with Crippen LogP contribution in [0.25, 0.3) is 10.9 Å². The normalized spacial score (nSPS) is 10.8. The number of halogens is 3. The van der Waals surface area contributed by atoms with E-state index in [0.717, 1.165) is 24.3 Å². The maximum absolute atomic E-state index is 11.5. The van der Waals surface area contributed by atoms with Gasteiger partial charge in [0.05, 0.1) is 12.6 Å². The van der Waals surface area contributed by atoms with Crippen molar-refractivity contribution in [2.75, 3.05) is 7.11 Å². The molecule has 0 spiro atoms. The third-order valence-corrected chi connectivity index (χ3v) is 4.65. The third kappa shape index (κ3) is 1.94. The molecule has 0 fully saturated rings. The minimum atomic E-state index is -0.412. The molecule has 0 unspecified atom stereocenters. The average molecular weight is 412 g/mol. The van der Waals surface area contributed by atoms with Crippen LogP contribution in [0.5, 0.6) is 0 Å². The van der Waals surface area contributed by atoms with E-state index in [1.165, 1.54) is 11.7 Å². The first-order valence-corrected chi connectivity index (χ1v) is 6.66. The van der Waals surface area contributed by atoms with E-state index < -0.39 is 6.09 Å². The van der Waals surface area contributed by atoms with Gasteiger partial charge in [0.25, 0.3) is 0 Å². The molecule has 1 aromatic heterocycles. The highest BCUT2D eigenvalue weighted by Crippen LogP contribution is 2.33. The number of ether oxygens (including phenoxy) is 1. The second-order valence-corrected chi connectivity index (χ2v) is 5.66. The Hall–Kier alpha value is -0.330. The number of hydrogen-bond acceptors (Lipinski definition) is 2. The lowest BCUT2D eigenvalue weighted by Crippen LogP contribution is -2.09. The van der Waals surface area contributed by atoms with E-state index in [4.69, 9.17) is 4.74 Å². The van der Waals surface area contributed by atoms with Crippen LogP contribution in [0.4, 0.5) is 4.79 Å². The Balaban J connectivity index is 2.78. The van der Waals surface area contributed by atoms with Crippen molar-refractivity contribution >= 4 is 64.8 Å². The molecule has 0 aliphatic heterocycles. The number of aromatic nitrogens is 1. The molecule has 0 aliphatic carbocycles. The summed E-state index contributed by atoms with van der Waals surface area (Å²) in [6.07, 6.45) is 1.28. The van der Waals surface area contributed by atoms with Crippen molar-refractivity contribution in [2.45, 2.75) is 0 Å². The molecular weight excluding hydrogens is 406 g/mol. The van der Waals surface area contributed by atoms with Crippen LogP contribution in [0.2, 0.25) is 0 Å². The number of carbonyl (C=O) groups is 1. The van der Waals surface area contributed by atoms with Gasteiger partial charge in [0.2, 0.25) is 0 Å². The van der Waals surface area contributed by atoms with E-state index >= 15 is 0 Å². The maximum Gasteiger partial charge on any atom is 0.418 e. The van der Waals surface area contributed by atoms with Gasteiger partial charge in [-0.15, -0.1) is 0 Å². The lowest BCUT2D eigenvalue weighted by Gasteiger charge is -2.02. The van der Waals surface area contributed by atoms with Gasteiger partial charge >= 0.3 is 6.09 Å². The highest BCUT2D eigenvalue weighted by Gasteiger charge is 2.14. The van der Waals surface area contributed by atoms with E-state index in [1.54, 1.807) is 6.20 Å². The molecule has 84 valence electrons. The second-order valence-electron chi connectivity index (χ2n) is 3.10. The minimum Gasteiger partial charge on any atom is -0.452 e. The van der Waals surface area contributed by atoms with Crippen molar-refractivity contribution in [2.24, 2.45) is 0 Å². The summed E-state index contributed by atoms with van der Waals surface area (Å²) in [5.41, 5.74) is 0.786. The summed E-state index contributed by atoms with van der Waals surface area (Å²) in [5, 5.41) is 0.945. The van der Waals surface area contributed by atoms with E-state index in [9.17, 15) is 4.79 Å². The zero-order chi connectivity index (χ0) is 11.9. The summed E-state index contributed by atoms with van der Waals surface area (Å²) in [5.74, 6) is 0. The summed E-state index contributed by atoms with van der Waals surface area (Å²) in [6, 6.07) is 3.80.